The van der Waals surface area contributed by atoms with Crippen molar-refractivity contribution in [3.63, 3.8) is 0 Å². The van der Waals surface area contributed by atoms with Crippen LogP contribution in [0.4, 0.5) is 5.69 Å². The molecule has 0 spiro atoms. The molecule has 0 aliphatic carbocycles. The summed E-state index contributed by atoms with van der Waals surface area (Å²) >= 11 is 2.51. The van der Waals surface area contributed by atoms with Crippen LogP contribution in [0.25, 0.3) is 10.2 Å². The van der Waals surface area contributed by atoms with Crippen molar-refractivity contribution in [2.75, 3.05) is 5.75 Å². The van der Waals surface area contributed by atoms with E-state index in [4.69, 9.17) is 9.29 Å². The van der Waals surface area contributed by atoms with Gasteiger partial charge in [0, 0.05) is 17.9 Å². The first-order valence-corrected chi connectivity index (χ1v) is 11.9. The van der Waals surface area contributed by atoms with Crippen LogP contribution in [-0.4, -0.2) is 46.2 Å². The lowest BCUT2D eigenvalue weighted by Crippen LogP contribution is -2.17. The number of aryl methyl sites for hydroxylation is 1. The number of fused-ring (bicyclic) bond motifs is 1. The van der Waals surface area contributed by atoms with Crippen LogP contribution in [0.2, 0.25) is 0 Å². The van der Waals surface area contributed by atoms with Gasteiger partial charge >= 0.3 is 16.1 Å². The molecule has 2 aromatic carbocycles. The Kier molecular flexibility index (Phi) is 5.41. The lowest BCUT2D eigenvalue weighted by atomic mass is 10.2. The van der Waals surface area contributed by atoms with Crippen molar-refractivity contribution in [2.24, 2.45) is 4.99 Å². The number of aliphatic carboxylic acids is 1. The van der Waals surface area contributed by atoms with E-state index in [1.54, 1.807) is 13.0 Å². The monoisotopic (exact) mass is 479 g/mol. The Bertz CT molecular complexity index is 1360. The van der Waals surface area contributed by atoms with Crippen LogP contribution >= 0.6 is 23.1 Å². The van der Waals surface area contributed by atoms with E-state index < -0.39 is 37.6 Å². The lowest BCUT2D eigenvalue weighted by Gasteiger charge is -2.08. The maximum absolute atomic E-state index is 12.7. The molecule has 0 saturated carbocycles. The molecule has 1 aliphatic rings. The zero-order valence-corrected chi connectivity index (χ0v) is 18.2. The molecule has 0 bridgehead atoms. The fraction of sp³-hybridized carbons (Fsp3) is 0.167. The maximum atomic E-state index is 12.7. The third-order valence-corrected chi connectivity index (χ3v) is 7.75. The average molecular weight is 480 g/mol. The molecule has 0 unspecified atom stereocenters. The Hall–Kier alpha value is -3.03. The lowest BCUT2D eigenvalue weighted by molar-refractivity contribution is -0.387. The Labute approximate surface area is 183 Å². The number of rotatable bonds is 6. The third kappa shape index (κ3) is 4.24. The molecule has 31 heavy (non-hydrogen) atoms. The van der Waals surface area contributed by atoms with Crippen LogP contribution in [0, 0.1) is 17.0 Å². The van der Waals surface area contributed by atoms with Crippen molar-refractivity contribution < 1.29 is 27.4 Å². The van der Waals surface area contributed by atoms with Crippen molar-refractivity contribution in [3.8, 4) is 5.75 Å². The number of aliphatic imine (C=N–C) groups is 1. The Morgan fingerprint density at radius 1 is 1.29 bits per heavy atom. The summed E-state index contributed by atoms with van der Waals surface area (Å²) in [4.78, 5) is 29.6. The number of hydrogen-bond acceptors (Lipinski definition) is 10. The molecule has 0 amide bonds. The molecule has 160 valence electrons. The first kappa shape index (κ1) is 21.2. The van der Waals surface area contributed by atoms with Crippen LogP contribution in [-0.2, 0) is 14.9 Å². The van der Waals surface area contributed by atoms with Crippen LogP contribution in [0.1, 0.15) is 10.6 Å². The zero-order chi connectivity index (χ0) is 22.3. The highest BCUT2D eigenvalue weighted by Gasteiger charge is 2.29. The number of carbonyl (C=O) groups is 1. The molecule has 3 aromatic rings. The highest BCUT2D eigenvalue weighted by atomic mass is 32.2. The summed E-state index contributed by atoms with van der Waals surface area (Å²) in [6.45, 7) is 1.62. The quantitative estimate of drug-likeness (QED) is 0.319. The van der Waals surface area contributed by atoms with Crippen LogP contribution < -0.4 is 4.18 Å². The zero-order valence-electron chi connectivity index (χ0n) is 15.7. The van der Waals surface area contributed by atoms with Crippen LogP contribution in [0.15, 0.2) is 46.3 Å². The number of nitrogens with zero attached hydrogens (tertiary/aromatic N) is 3. The highest BCUT2D eigenvalue weighted by Crippen LogP contribution is 2.33. The number of carboxylic acids is 1. The SMILES string of the molecule is Cc1ccc([N+](=O)[O-])c(S(=O)(=O)Oc2ccc3nc(C4=N[C@@H](C(=O)O)CS4)sc3c2)c1. The molecule has 1 N–H and O–H groups in total. The van der Waals surface area contributed by atoms with E-state index in [2.05, 4.69) is 9.98 Å². The van der Waals surface area contributed by atoms with Gasteiger partial charge in [-0.25, -0.2) is 9.78 Å². The summed E-state index contributed by atoms with van der Waals surface area (Å²) in [5.41, 5.74) is 0.522. The minimum atomic E-state index is -4.46. The number of thiazole rings is 1. The summed E-state index contributed by atoms with van der Waals surface area (Å²) in [6.07, 6.45) is 0. The molecule has 10 nitrogen and oxygen atoms in total. The normalized spacial score (nSPS) is 16.3. The first-order chi connectivity index (χ1) is 14.6. The summed E-state index contributed by atoms with van der Waals surface area (Å²) in [5, 5.41) is 21.3. The fourth-order valence-electron chi connectivity index (χ4n) is 2.81. The largest absolute Gasteiger partial charge is 0.480 e. The van der Waals surface area contributed by atoms with Crippen LogP contribution in [0.3, 0.4) is 0 Å². The van der Waals surface area contributed by atoms with E-state index in [0.717, 1.165) is 6.07 Å². The highest BCUT2D eigenvalue weighted by molar-refractivity contribution is 8.15. The summed E-state index contributed by atoms with van der Waals surface area (Å²) < 4.78 is 31.2. The second kappa shape index (κ2) is 7.90. The molecular formula is C18H13N3O7S3. The second-order valence-corrected chi connectivity index (χ2v) is 10.1. The van der Waals surface area contributed by atoms with Gasteiger partial charge in [-0.3, -0.25) is 15.1 Å². The topological polar surface area (TPSA) is 149 Å². The fourth-order valence-corrected chi connectivity index (χ4v) is 6.08. The third-order valence-electron chi connectivity index (χ3n) is 4.27. The predicted molar refractivity (Wildman–Crippen MR) is 116 cm³/mol. The van der Waals surface area contributed by atoms with Crippen molar-refractivity contribution in [1.29, 1.82) is 0 Å². The van der Waals surface area contributed by atoms with E-state index >= 15 is 0 Å². The van der Waals surface area contributed by atoms with Gasteiger partial charge < -0.3 is 9.29 Å². The van der Waals surface area contributed by atoms with Crippen molar-refractivity contribution in [2.45, 2.75) is 17.9 Å². The Balaban J connectivity index is 1.66. The molecule has 0 fully saturated rings. The van der Waals surface area contributed by atoms with Gasteiger partial charge in [0.1, 0.15) is 15.8 Å². The standard InChI is InChI=1S/C18H13N3O7S3/c1-9-2-5-13(21(24)25)15(6-9)31(26,27)28-10-3-4-11-14(7-10)30-17(19-11)16-20-12(8-29-16)18(22)23/h2-7,12H,8H2,1H3,(H,22,23)/t12-/m1/s1. The maximum Gasteiger partial charge on any atom is 0.346 e. The van der Waals surface area contributed by atoms with Gasteiger partial charge in [0.25, 0.3) is 5.69 Å². The summed E-state index contributed by atoms with van der Waals surface area (Å²) in [5.74, 6) is -0.708. The van der Waals surface area contributed by atoms with Gasteiger partial charge in [0.15, 0.2) is 10.9 Å². The van der Waals surface area contributed by atoms with Gasteiger partial charge in [-0.1, -0.05) is 6.07 Å². The average Bonchev–Trinajstić information content (AvgIpc) is 3.34. The van der Waals surface area contributed by atoms with Crippen LogP contribution in [0.5, 0.6) is 5.75 Å². The molecule has 1 aliphatic heterocycles. The molecular weight excluding hydrogens is 466 g/mol. The molecule has 13 heteroatoms. The van der Waals surface area contributed by atoms with E-state index in [-0.39, 0.29) is 5.75 Å². The van der Waals surface area contributed by atoms with Gasteiger partial charge in [-0.05, 0) is 30.7 Å². The number of aromatic nitrogens is 1. The van der Waals surface area contributed by atoms with Gasteiger partial charge in [-0.2, -0.15) is 8.42 Å². The molecule has 0 radical (unpaired) electrons. The number of nitro benzene ring substituents is 1. The number of nitro groups is 1. The molecule has 2 heterocycles. The number of benzene rings is 2. The smallest absolute Gasteiger partial charge is 0.346 e. The first-order valence-electron chi connectivity index (χ1n) is 8.68. The van der Waals surface area contributed by atoms with Gasteiger partial charge in [0.05, 0.1) is 15.1 Å². The molecule has 0 saturated heterocycles. The number of thioether (sulfide) groups is 1. The Morgan fingerprint density at radius 3 is 2.74 bits per heavy atom. The van der Waals surface area contributed by atoms with E-state index in [9.17, 15) is 23.3 Å². The van der Waals surface area contributed by atoms with Crippen molar-refractivity contribution in [3.05, 3.63) is 57.1 Å². The van der Waals surface area contributed by atoms with Crippen molar-refractivity contribution >= 4 is 60.1 Å². The minimum Gasteiger partial charge on any atom is -0.480 e. The number of hydrogen-bond donors (Lipinski definition) is 1. The molecule has 4 rings (SSSR count). The Morgan fingerprint density at radius 2 is 2.06 bits per heavy atom. The summed E-state index contributed by atoms with van der Waals surface area (Å²) in [6, 6.07) is 7.35. The summed E-state index contributed by atoms with van der Waals surface area (Å²) in [7, 11) is -4.46. The van der Waals surface area contributed by atoms with E-state index in [1.807, 2.05) is 0 Å². The van der Waals surface area contributed by atoms with E-state index in [0.29, 0.717) is 31.6 Å². The predicted octanol–water partition coefficient (Wildman–Crippen LogP) is 3.23. The second-order valence-electron chi connectivity index (χ2n) is 6.51. The van der Waals surface area contributed by atoms with Gasteiger partial charge in [0.2, 0.25) is 0 Å². The van der Waals surface area contributed by atoms with Crippen molar-refractivity contribution in [1.82, 2.24) is 4.98 Å². The molecule has 1 atom stereocenters. The molecule has 1 aromatic heterocycles. The van der Waals surface area contributed by atoms with E-state index in [1.165, 1.54) is 47.4 Å². The van der Waals surface area contributed by atoms with Gasteiger partial charge in [-0.15, -0.1) is 23.1 Å². The number of carboxylic acid groups (broad SMARTS) is 1. The minimum absolute atomic E-state index is 0.0251.